The van der Waals surface area contributed by atoms with Gasteiger partial charge in [0.2, 0.25) is 0 Å². The van der Waals surface area contributed by atoms with E-state index in [2.05, 4.69) is 12.2 Å². The summed E-state index contributed by atoms with van der Waals surface area (Å²) in [5, 5.41) is 0. The van der Waals surface area contributed by atoms with E-state index in [1.54, 1.807) is 0 Å². The summed E-state index contributed by atoms with van der Waals surface area (Å²) < 4.78 is 5.67. The summed E-state index contributed by atoms with van der Waals surface area (Å²) in [6.07, 6.45) is 7.56. The van der Waals surface area contributed by atoms with Gasteiger partial charge in [0.25, 0.3) is 0 Å². The third-order valence-corrected chi connectivity index (χ3v) is 4.75. The van der Waals surface area contributed by atoms with Crippen LogP contribution in [0.2, 0.25) is 0 Å². The summed E-state index contributed by atoms with van der Waals surface area (Å²) in [6.45, 7) is 0.915. The molecule has 3 aliphatic carbocycles. The lowest BCUT2D eigenvalue weighted by Gasteiger charge is -2.36. The average Bonchev–Trinajstić information content (AvgIpc) is 2.68. The van der Waals surface area contributed by atoms with Crippen molar-refractivity contribution < 1.29 is 9.53 Å². The number of allylic oxidation sites excluding steroid dienone is 2. The highest BCUT2D eigenvalue weighted by atomic mass is 16.6. The molecule has 0 amide bonds. The van der Waals surface area contributed by atoms with Crippen LogP contribution in [0.15, 0.2) is 12.2 Å². The monoisotopic (exact) mass is 190 g/mol. The lowest BCUT2D eigenvalue weighted by molar-refractivity contribution is -0.129. The number of hydrogen-bond acceptors (Lipinski definition) is 2. The Morgan fingerprint density at radius 2 is 2.14 bits per heavy atom. The molecule has 2 saturated carbocycles. The molecule has 0 aromatic heterocycles. The molecule has 0 unspecified atom stereocenters. The van der Waals surface area contributed by atoms with Gasteiger partial charge in [-0.05, 0) is 24.7 Å². The van der Waals surface area contributed by atoms with Crippen molar-refractivity contribution in [2.24, 2.45) is 23.7 Å². The highest BCUT2D eigenvalue weighted by Gasteiger charge is 2.65. The van der Waals surface area contributed by atoms with Gasteiger partial charge < -0.3 is 4.74 Å². The summed E-state index contributed by atoms with van der Waals surface area (Å²) in [6, 6.07) is 0. The van der Waals surface area contributed by atoms with Crippen LogP contribution in [0.5, 0.6) is 0 Å². The third-order valence-electron chi connectivity index (χ3n) is 4.75. The summed E-state index contributed by atoms with van der Waals surface area (Å²) in [7, 11) is 0. The first-order valence-corrected chi connectivity index (χ1v) is 5.65. The first-order valence-electron chi connectivity index (χ1n) is 5.65. The van der Waals surface area contributed by atoms with E-state index in [1.807, 2.05) is 0 Å². The maximum atomic E-state index is 11.9. The Labute approximate surface area is 83.3 Å². The summed E-state index contributed by atoms with van der Waals surface area (Å²) in [5.74, 6) is 2.57. The number of fused-ring (bicyclic) bond motifs is 6. The fraction of sp³-hybridized carbons (Fsp3) is 0.750. The van der Waals surface area contributed by atoms with Gasteiger partial charge in [-0.2, -0.15) is 0 Å². The Kier molecular flexibility index (Phi) is 1.16. The van der Waals surface area contributed by atoms with Crippen LogP contribution in [-0.2, 0) is 9.53 Å². The number of carbonyl (C=O) groups excluding carboxylic acids is 1. The fourth-order valence-corrected chi connectivity index (χ4v) is 4.08. The van der Waals surface area contributed by atoms with Crippen LogP contribution in [0.1, 0.15) is 19.3 Å². The van der Waals surface area contributed by atoms with E-state index in [4.69, 9.17) is 4.74 Å². The smallest absolute Gasteiger partial charge is 0.137 e. The molecule has 74 valence electrons. The van der Waals surface area contributed by atoms with Gasteiger partial charge in [0.15, 0.2) is 0 Å². The molecule has 1 aliphatic heterocycles. The van der Waals surface area contributed by atoms with E-state index in [0.29, 0.717) is 29.5 Å². The number of carbonyl (C=O) groups is 1. The molecule has 2 nitrogen and oxygen atoms in total. The Morgan fingerprint density at radius 1 is 1.36 bits per heavy atom. The zero-order valence-corrected chi connectivity index (χ0v) is 8.11. The van der Waals surface area contributed by atoms with E-state index < -0.39 is 0 Å². The maximum absolute atomic E-state index is 11.9. The van der Waals surface area contributed by atoms with Crippen molar-refractivity contribution >= 4 is 5.78 Å². The van der Waals surface area contributed by atoms with Crippen LogP contribution >= 0.6 is 0 Å². The standard InChI is InChI=1S/C12H14O2/c13-9-3-4-12(6-14-12)11-8-2-1-7(5-8)10(9)11/h1-2,7-8,10-11H,3-6H2/t7-,8+,10+,11+,12+/m1/s1. The second-order valence-electron chi connectivity index (χ2n) is 5.32. The average molecular weight is 190 g/mol. The predicted molar refractivity (Wildman–Crippen MR) is 50.6 cm³/mol. The van der Waals surface area contributed by atoms with Gasteiger partial charge in [0, 0.05) is 18.3 Å². The van der Waals surface area contributed by atoms with Crippen LogP contribution in [0, 0.1) is 23.7 Å². The maximum Gasteiger partial charge on any atom is 0.137 e. The van der Waals surface area contributed by atoms with Crippen molar-refractivity contribution in [1.29, 1.82) is 0 Å². The van der Waals surface area contributed by atoms with Crippen molar-refractivity contribution in [3.05, 3.63) is 12.2 Å². The zero-order valence-electron chi connectivity index (χ0n) is 8.11. The number of rotatable bonds is 0. The predicted octanol–water partition coefficient (Wildman–Crippen LogP) is 1.56. The van der Waals surface area contributed by atoms with Crippen molar-refractivity contribution in [1.82, 2.24) is 0 Å². The first kappa shape index (κ1) is 7.63. The van der Waals surface area contributed by atoms with Gasteiger partial charge in [-0.15, -0.1) is 0 Å². The second kappa shape index (κ2) is 2.13. The molecule has 5 atom stereocenters. The van der Waals surface area contributed by atoms with Gasteiger partial charge in [-0.1, -0.05) is 12.2 Å². The molecule has 1 heterocycles. The van der Waals surface area contributed by atoms with Crippen molar-refractivity contribution in [2.75, 3.05) is 6.61 Å². The van der Waals surface area contributed by atoms with Crippen molar-refractivity contribution in [3.63, 3.8) is 0 Å². The van der Waals surface area contributed by atoms with Gasteiger partial charge in [0.05, 0.1) is 12.2 Å². The Bertz CT molecular complexity index is 340. The number of ketones is 1. The molecule has 4 aliphatic rings. The molecular formula is C12H14O2. The number of ether oxygens (including phenoxy) is 1. The Hall–Kier alpha value is -0.630. The molecular weight excluding hydrogens is 176 g/mol. The van der Waals surface area contributed by atoms with Gasteiger partial charge >= 0.3 is 0 Å². The van der Waals surface area contributed by atoms with E-state index >= 15 is 0 Å². The highest BCUT2D eigenvalue weighted by Crippen LogP contribution is 2.60. The van der Waals surface area contributed by atoms with Crippen LogP contribution in [0.25, 0.3) is 0 Å². The Morgan fingerprint density at radius 3 is 2.93 bits per heavy atom. The third kappa shape index (κ3) is 0.714. The minimum absolute atomic E-state index is 0.142. The molecule has 14 heavy (non-hydrogen) atoms. The van der Waals surface area contributed by atoms with Gasteiger partial charge in [-0.3, -0.25) is 4.79 Å². The van der Waals surface area contributed by atoms with E-state index in [1.165, 1.54) is 6.42 Å². The summed E-state index contributed by atoms with van der Waals surface area (Å²) >= 11 is 0. The minimum Gasteiger partial charge on any atom is -0.369 e. The van der Waals surface area contributed by atoms with Gasteiger partial charge in [-0.25, -0.2) is 0 Å². The Balaban J connectivity index is 1.81. The molecule has 3 fully saturated rings. The summed E-state index contributed by atoms with van der Waals surface area (Å²) in [5.41, 5.74) is 0.142. The second-order valence-corrected chi connectivity index (χ2v) is 5.32. The van der Waals surface area contributed by atoms with Crippen molar-refractivity contribution in [2.45, 2.75) is 24.9 Å². The fourth-order valence-electron chi connectivity index (χ4n) is 4.08. The molecule has 0 N–H and O–H groups in total. The highest BCUT2D eigenvalue weighted by molar-refractivity contribution is 5.84. The molecule has 0 radical (unpaired) electrons. The molecule has 4 rings (SSSR count). The van der Waals surface area contributed by atoms with Gasteiger partial charge in [0.1, 0.15) is 5.78 Å². The van der Waals surface area contributed by atoms with Crippen LogP contribution < -0.4 is 0 Å². The number of Topliss-reactive ketones (excluding diaryl/α,β-unsaturated/α-hetero) is 1. The lowest BCUT2D eigenvalue weighted by Crippen LogP contribution is -2.43. The molecule has 2 heteroatoms. The lowest BCUT2D eigenvalue weighted by atomic mass is 9.66. The molecule has 0 aromatic carbocycles. The van der Waals surface area contributed by atoms with Crippen LogP contribution in [0.4, 0.5) is 0 Å². The zero-order chi connectivity index (χ0) is 9.34. The molecule has 1 spiro atoms. The van der Waals surface area contributed by atoms with Crippen molar-refractivity contribution in [3.8, 4) is 0 Å². The van der Waals surface area contributed by atoms with Crippen LogP contribution in [0.3, 0.4) is 0 Å². The molecule has 2 bridgehead atoms. The normalized spacial score (nSPS) is 58.1. The summed E-state index contributed by atoms with van der Waals surface area (Å²) in [4.78, 5) is 11.9. The minimum atomic E-state index is 0.142. The topological polar surface area (TPSA) is 29.6 Å². The number of hydrogen-bond donors (Lipinski definition) is 0. The quantitative estimate of drug-likeness (QED) is 0.428. The largest absolute Gasteiger partial charge is 0.369 e. The van der Waals surface area contributed by atoms with E-state index in [9.17, 15) is 4.79 Å². The first-order chi connectivity index (χ1) is 6.80. The number of epoxide rings is 1. The molecule has 0 aromatic rings. The van der Waals surface area contributed by atoms with E-state index in [0.717, 1.165) is 19.4 Å². The van der Waals surface area contributed by atoms with Crippen LogP contribution in [-0.4, -0.2) is 18.0 Å². The van der Waals surface area contributed by atoms with E-state index in [-0.39, 0.29) is 5.60 Å². The SMILES string of the molecule is O=C1CC[C@]2(CO2)[C@@H]2[C@H]1[C@@H]1C=C[C@H]2C1. The molecule has 1 saturated heterocycles.